The average Bonchev–Trinajstić information content (AvgIpc) is 2.55. The van der Waals surface area contributed by atoms with E-state index in [2.05, 4.69) is 80.7 Å². The fraction of sp³-hybridized carbons (Fsp3) is 0.400. The Bertz CT molecular complexity index is 515. The molecule has 0 saturated carbocycles. The van der Waals surface area contributed by atoms with Crippen LogP contribution in [-0.4, -0.2) is 6.54 Å². The highest BCUT2D eigenvalue weighted by Crippen LogP contribution is 2.23. The van der Waals surface area contributed by atoms with E-state index in [9.17, 15) is 0 Å². The van der Waals surface area contributed by atoms with E-state index in [-0.39, 0.29) is 0 Å². The molecule has 0 aliphatic heterocycles. The van der Waals surface area contributed by atoms with E-state index >= 15 is 0 Å². The number of nitrogens with one attached hydrogen (secondary N) is 1. The van der Waals surface area contributed by atoms with Crippen molar-refractivity contribution in [3.05, 3.63) is 71.3 Å². The normalized spacial score (nSPS) is 13.9. The van der Waals surface area contributed by atoms with Gasteiger partial charge in [0.05, 0.1) is 0 Å². The second kappa shape index (κ2) is 7.99. The lowest BCUT2D eigenvalue weighted by Crippen LogP contribution is -2.23. The first-order chi connectivity index (χ1) is 10.2. The Hall–Kier alpha value is -1.60. The molecule has 2 aromatic rings. The van der Waals surface area contributed by atoms with E-state index in [1.54, 1.807) is 0 Å². The molecule has 0 aliphatic rings. The first-order valence-corrected chi connectivity index (χ1v) is 8.11. The Morgan fingerprint density at radius 2 is 1.48 bits per heavy atom. The van der Waals surface area contributed by atoms with E-state index in [1.807, 2.05) is 0 Å². The van der Waals surface area contributed by atoms with Crippen molar-refractivity contribution < 1.29 is 0 Å². The highest BCUT2D eigenvalue weighted by Gasteiger charge is 2.11. The quantitative estimate of drug-likeness (QED) is 0.745. The van der Waals surface area contributed by atoms with E-state index in [1.165, 1.54) is 23.1 Å². The smallest absolute Gasteiger partial charge is 0.0360 e. The second-order valence-corrected chi connectivity index (χ2v) is 5.78. The Kier molecular flexibility index (Phi) is 6.01. The van der Waals surface area contributed by atoms with Crippen molar-refractivity contribution in [1.82, 2.24) is 5.32 Å². The molecule has 0 saturated heterocycles. The minimum absolute atomic E-state index is 0.392. The van der Waals surface area contributed by atoms with Crippen LogP contribution in [0.4, 0.5) is 0 Å². The molecule has 0 bridgehead atoms. The van der Waals surface area contributed by atoms with E-state index in [0.717, 1.165) is 13.0 Å². The lowest BCUT2D eigenvalue weighted by molar-refractivity contribution is 0.549. The lowest BCUT2D eigenvalue weighted by atomic mass is 9.94. The number of likely N-dealkylation sites (N-methyl/N-ethyl adjacent to an activating group) is 1. The topological polar surface area (TPSA) is 12.0 Å². The number of hydrogen-bond acceptors (Lipinski definition) is 1. The molecule has 0 amide bonds. The van der Waals surface area contributed by atoms with Gasteiger partial charge in [0.25, 0.3) is 0 Å². The number of hydrogen-bond donors (Lipinski definition) is 1. The van der Waals surface area contributed by atoms with Crippen LogP contribution in [0.2, 0.25) is 0 Å². The molecule has 112 valence electrons. The van der Waals surface area contributed by atoms with Crippen molar-refractivity contribution in [3.8, 4) is 0 Å². The molecule has 0 aromatic heterocycles. The third-order valence-corrected chi connectivity index (χ3v) is 4.25. The van der Waals surface area contributed by atoms with Crippen molar-refractivity contribution in [1.29, 1.82) is 0 Å². The van der Waals surface area contributed by atoms with Gasteiger partial charge in [-0.3, -0.25) is 0 Å². The summed E-state index contributed by atoms with van der Waals surface area (Å²) in [5.74, 6) is 0.644. The zero-order valence-corrected chi connectivity index (χ0v) is 13.5. The first kappa shape index (κ1) is 15.8. The van der Waals surface area contributed by atoms with Crippen LogP contribution in [-0.2, 0) is 6.42 Å². The summed E-state index contributed by atoms with van der Waals surface area (Å²) in [6, 6.07) is 20.3. The predicted octanol–water partition coefficient (Wildman–Crippen LogP) is 5.09. The maximum absolute atomic E-state index is 3.61. The van der Waals surface area contributed by atoms with Gasteiger partial charge in [0.15, 0.2) is 0 Å². The maximum Gasteiger partial charge on any atom is 0.0360 e. The largest absolute Gasteiger partial charge is 0.310 e. The van der Waals surface area contributed by atoms with Gasteiger partial charge >= 0.3 is 0 Å². The molecule has 0 fully saturated rings. The van der Waals surface area contributed by atoms with Crippen LogP contribution < -0.4 is 5.32 Å². The summed E-state index contributed by atoms with van der Waals surface area (Å²) >= 11 is 0. The van der Waals surface area contributed by atoms with Gasteiger partial charge in [-0.1, -0.05) is 75.4 Å². The second-order valence-electron chi connectivity index (χ2n) is 5.78. The standard InChI is InChI=1S/C20H27N/c1-4-16(3)18-11-13-19(14-12-18)20(21-5-2)15-17-9-7-6-8-10-17/h6-14,16,20-21H,4-5,15H2,1-3H3. The van der Waals surface area contributed by atoms with Crippen LogP contribution >= 0.6 is 0 Å². The van der Waals surface area contributed by atoms with Gasteiger partial charge in [-0.2, -0.15) is 0 Å². The summed E-state index contributed by atoms with van der Waals surface area (Å²) in [7, 11) is 0. The molecule has 1 nitrogen and oxygen atoms in total. The van der Waals surface area contributed by atoms with Gasteiger partial charge in [-0.05, 0) is 42.0 Å². The van der Waals surface area contributed by atoms with Crippen LogP contribution in [0.5, 0.6) is 0 Å². The minimum Gasteiger partial charge on any atom is -0.310 e. The molecule has 0 heterocycles. The highest BCUT2D eigenvalue weighted by atomic mass is 14.9. The van der Waals surface area contributed by atoms with Gasteiger partial charge in [-0.15, -0.1) is 0 Å². The fourth-order valence-electron chi connectivity index (χ4n) is 2.70. The minimum atomic E-state index is 0.392. The zero-order valence-electron chi connectivity index (χ0n) is 13.5. The molecule has 2 unspecified atom stereocenters. The molecule has 2 atom stereocenters. The van der Waals surface area contributed by atoms with Crippen molar-refractivity contribution in [3.63, 3.8) is 0 Å². The predicted molar refractivity (Wildman–Crippen MR) is 91.7 cm³/mol. The van der Waals surface area contributed by atoms with Crippen LogP contribution in [0.3, 0.4) is 0 Å². The molecular formula is C20H27N. The summed E-state index contributed by atoms with van der Waals surface area (Å²) < 4.78 is 0. The molecule has 21 heavy (non-hydrogen) atoms. The molecule has 2 aromatic carbocycles. The number of rotatable bonds is 7. The van der Waals surface area contributed by atoms with Crippen LogP contribution in [0, 0.1) is 0 Å². The summed E-state index contributed by atoms with van der Waals surface area (Å²) in [6.07, 6.45) is 2.23. The van der Waals surface area contributed by atoms with Gasteiger partial charge in [0.2, 0.25) is 0 Å². The average molecular weight is 281 g/mol. The number of benzene rings is 2. The Balaban J connectivity index is 2.14. The van der Waals surface area contributed by atoms with Crippen molar-refractivity contribution >= 4 is 0 Å². The van der Waals surface area contributed by atoms with Gasteiger partial charge in [-0.25, -0.2) is 0 Å². The molecule has 0 aliphatic carbocycles. The Morgan fingerprint density at radius 3 is 2.05 bits per heavy atom. The van der Waals surface area contributed by atoms with E-state index in [0.29, 0.717) is 12.0 Å². The summed E-state index contributed by atoms with van der Waals surface area (Å²) in [6.45, 7) is 7.70. The third-order valence-electron chi connectivity index (χ3n) is 4.25. The van der Waals surface area contributed by atoms with Crippen LogP contribution in [0.25, 0.3) is 0 Å². The molecule has 0 spiro atoms. The van der Waals surface area contributed by atoms with Crippen molar-refractivity contribution in [2.24, 2.45) is 0 Å². The fourth-order valence-corrected chi connectivity index (χ4v) is 2.70. The Morgan fingerprint density at radius 1 is 0.857 bits per heavy atom. The summed E-state index contributed by atoms with van der Waals surface area (Å²) in [4.78, 5) is 0. The molecular weight excluding hydrogens is 254 g/mol. The summed E-state index contributed by atoms with van der Waals surface area (Å²) in [5, 5.41) is 3.61. The van der Waals surface area contributed by atoms with Crippen molar-refractivity contribution in [2.45, 2.75) is 45.6 Å². The lowest BCUT2D eigenvalue weighted by Gasteiger charge is -2.19. The van der Waals surface area contributed by atoms with Crippen LogP contribution in [0.15, 0.2) is 54.6 Å². The zero-order chi connectivity index (χ0) is 15.1. The van der Waals surface area contributed by atoms with Gasteiger partial charge in [0, 0.05) is 6.04 Å². The van der Waals surface area contributed by atoms with Gasteiger partial charge in [0.1, 0.15) is 0 Å². The Labute approximate surface area is 129 Å². The molecule has 2 rings (SSSR count). The van der Waals surface area contributed by atoms with Gasteiger partial charge < -0.3 is 5.32 Å². The molecule has 0 radical (unpaired) electrons. The maximum atomic E-state index is 3.61. The third kappa shape index (κ3) is 4.44. The van der Waals surface area contributed by atoms with Crippen molar-refractivity contribution in [2.75, 3.05) is 6.54 Å². The van der Waals surface area contributed by atoms with E-state index in [4.69, 9.17) is 0 Å². The molecule has 1 heteroatoms. The summed E-state index contributed by atoms with van der Waals surface area (Å²) in [5.41, 5.74) is 4.21. The SMILES string of the molecule is CCNC(Cc1ccccc1)c1ccc(C(C)CC)cc1. The monoisotopic (exact) mass is 281 g/mol. The van der Waals surface area contributed by atoms with Crippen LogP contribution in [0.1, 0.15) is 55.8 Å². The van der Waals surface area contributed by atoms with E-state index < -0.39 is 0 Å². The highest BCUT2D eigenvalue weighted by molar-refractivity contribution is 5.29. The first-order valence-electron chi connectivity index (χ1n) is 8.11. The molecule has 1 N–H and O–H groups in total.